The Balaban J connectivity index is 1.49. The van der Waals surface area contributed by atoms with E-state index in [1.54, 1.807) is 29.7 Å². The number of fused-ring (bicyclic) bond motifs is 1. The lowest BCUT2D eigenvalue weighted by atomic mass is 10.00. The Morgan fingerprint density at radius 1 is 1.25 bits per heavy atom. The van der Waals surface area contributed by atoms with Gasteiger partial charge in [-0.25, -0.2) is 14.0 Å². The van der Waals surface area contributed by atoms with Crippen LogP contribution in [-0.2, 0) is 16.1 Å². The SMILES string of the molecule is Cc1c(Sc2cccc(C(=O)O)c2)c2ccc(Cl)c(F)c2n1CC(=O)N1CC[C@]2(C1)NC(=O)NC2=O. The van der Waals surface area contributed by atoms with Crippen molar-refractivity contribution in [3.05, 3.63) is 58.5 Å². The van der Waals surface area contributed by atoms with Gasteiger partial charge in [0.05, 0.1) is 22.6 Å². The zero-order valence-corrected chi connectivity index (χ0v) is 20.5. The van der Waals surface area contributed by atoms with Gasteiger partial charge in [0.25, 0.3) is 5.91 Å². The Bertz CT molecular complexity index is 1470. The number of nitrogens with one attached hydrogen (secondary N) is 2. The number of aromatic carboxylic acids is 1. The van der Waals surface area contributed by atoms with Crippen LogP contribution in [0.4, 0.5) is 9.18 Å². The quantitative estimate of drug-likeness (QED) is 0.435. The smallest absolute Gasteiger partial charge is 0.335 e. The number of carbonyl (C=O) groups is 4. The number of aromatic nitrogens is 1. The maximum Gasteiger partial charge on any atom is 0.335 e. The number of carboxylic acid groups (broad SMARTS) is 1. The fourth-order valence-corrected chi connectivity index (χ4v) is 5.94. The van der Waals surface area contributed by atoms with Crippen molar-refractivity contribution in [2.75, 3.05) is 13.1 Å². The van der Waals surface area contributed by atoms with E-state index >= 15 is 4.39 Å². The first-order valence-corrected chi connectivity index (χ1v) is 12.2. The van der Waals surface area contributed by atoms with Crippen LogP contribution < -0.4 is 10.6 Å². The summed E-state index contributed by atoms with van der Waals surface area (Å²) in [5.41, 5.74) is -0.264. The normalized spacial score (nSPS) is 19.2. The minimum atomic E-state index is -1.15. The summed E-state index contributed by atoms with van der Waals surface area (Å²) in [6, 6.07) is 8.90. The second kappa shape index (κ2) is 8.82. The molecule has 1 spiro atoms. The molecule has 2 aliphatic heterocycles. The van der Waals surface area contributed by atoms with E-state index < -0.39 is 29.3 Å². The Morgan fingerprint density at radius 2 is 2.03 bits per heavy atom. The number of rotatable bonds is 5. The maximum atomic E-state index is 15.3. The highest BCUT2D eigenvalue weighted by molar-refractivity contribution is 7.99. The average Bonchev–Trinajstić information content (AvgIpc) is 3.47. The molecule has 0 aliphatic carbocycles. The van der Waals surface area contributed by atoms with Crippen molar-refractivity contribution >= 4 is 58.1 Å². The van der Waals surface area contributed by atoms with Gasteiger partial charge in [0.15, 0.2) is 5.82 Å². The zero-order valence-electron chi connectivity index (χ0n) is 18.9. The standard InChI is InChI=1S/C24H20ClFN4O5S/c1-12-20(36-14-4-2-3-13(9-14)21(32)33)15-5-6-16(25)18(26)19(15)30(12)10-17(31)29-8-7-24(11-29)22(34)27-23(35)28-24/h2-6,9H,7-8,10-11H2,1H3,(H,32,33)(H2,27,28,34,35)/t24-/m1/s1. The average molecular weight is 531 g/mol. The lowest BCUT2D eigenvalue weighted by Gasteiger charge is -2.22. The molecular formula is C24H20ClFN4O5S. The molecule has 12 heteroatoms. The van der Waals surface area contributed by atoms with Gasteiger partial charge in [0, 0.05) is 27.4 Å². The molecule has 0 radical (unpaired) electrons. The van der Waals surface area contributed by atoms with Crippen molar-refractivity contribution in [3.8, 4) is 0 Å². The molecular weight excluding hydrogens is 511 g/mol. The Morgan fingerprint density at radius 3 is 2.72 bits per heavy atom. The Labute approximate surface area is 213 Å². The summed E-state index contributed by atoms with van der Waals surface area (Å²) in [6.45, 7) is 1.83. The summed E-state index contributed by atoms with van der Waals surface area (Å²) in [6.07, 6.45) is 0.281. The third kappa shape index (κ3) is 3.97. The second-order valence-corrected chi connectivity index (χ2v) is 10.2. The van der Waals surface area contributed by atoms with Crippen LogP contribution in [0.25, 0.3) is 10.9 Å². The van der Waals surface area contributed by atoms with E-state index in [0.717, 1.165) is 0 Å². The molecule has 2 saturated heterocycles. The molecule has 36 heavy (non-hydrogen) atoms. The molecule has 186 valence electrons. The highest BCUT2D eigenvalue weighted by Crippen LogP contribution is 2.41. The predicted octanol–water partition coefficient (Wildman–Crippen LogP) is 3.40. The molecule has 0 bridgehead atoms. The lowest BCUT2D eigenvalue weighted by molar-refractivity contribution is -0.131. The number of urea groups is 1. The predicted molar refractivity (Wildman–Crippen MR) is 130 cm³/mol. The largest absolute Gasteiger partial charge is 0.478 e. The van der Waals surface area contributed by atoms with Crippen molar-refractivity contribution in [2.45, 2.75) is 35.2 Å². The van der Waals surface area contributed by atoms with Gasteiger partial charge in [-0.15, -0.1) is 0 Å². The number of imide groups is 1. The van der Waals surface area contributed by atoms with E-state index in [1.165, 1.54) is 34.9 Å². The van der Waals surface area contributed by atoms with Gasteiger partial charge in [0.1, 0.15) is 12.1 Å². The second-order valence-electron chi connectivity index (χ2n) is 8.75. The van der Waals surface area contributed by atoms with E-state index in [-0.39, 0.29) is 48.1 Å². The van der Waals surface area contributed by atoms with Crippen LogP contribution in [0, 0.1) is 12.7 Å². The zero-order chi connectivity index (χ0) is 25.8. The number of amides is 4. The summed E-state index contributed by atoms with van der Waals surface area (Å²) in [7, 11) is 0. The van der Waals surface area contributed by atoms with Crippen molar-refractivity contribution in [1.29, 1.82) is 0 Å². The van der Waals surface area contributed by atoms with Gasteiger partial charge in [-0.05, 0) is 43.7 Å². The summed E-state index contributed by atoms with van der Waals surface area (Å²) >= 11 is 7.34. The third-order valence-corrected chi connectivity index (χ3v) is 8.05. The highest BCUT2D eigenvalue weighted by Gasteiger charge is 2.51. The van der Waals surface area contributed by atoms with Gasteiger partial charge in [-0.1, -0.05) is 29.4 Å². The van der Waals surface area contributed by atoms with E-state index in [4.69, 9.17) is 11.6 Å². The number of hydrogen-bond donors (Lipinski definition) is 3. The monoisotopic (exact) mass is 530 g/mol. The van der Waals surface area contributed by atoms with Crippen molar-refractivity contribution in [1.82, 2.24) is 20.1 Å². The number of carbonyl (C=O) groups excluding carboxylic acids is 3. The minimum absolute atomic E-state index is 0.0223. The lowest BCUT2D eigenvalue weighted by Crippen LogP contribution is -2.49. The van der Waals surface area contributed by atoms with E-state index in [9.17, 15) is 24.3 Å². The summed E-state index contributed by atoms with van der Waals surface area (Å²) < 4.78 is 16.8. The molecule has 2 aliphatic rings. The Kier molecular flexibility index (Phi) is 5.92. The van der Waals surface area contributed by atoms with Crippen LogP contribution in [0.15, 0.2) is 46.2 Å². The number of benzene rings is 2. The van der Waals surface area contributed by atoms with Gasteiger partial charge in [-0.2, -0.15) is 0 Å². The van der Waals surface area contributed by atoms with Gasteiger partial charge >= 0.3 is 12.0 Å². The molecule has 3 heterocycles. The van der Waals surface area contributed by atoms with E-state index in [2.05, 4.69) is 10.6 Å². The summed E-state index contributed by atoms with van der Waals surface area (Å²) in [5, 5.41) is 14.6. The first kappa shape index (κ1) is 24.1. The highest BCUT2D eigenvalue weighted by atomic mass is 35.5. The molecule has 5 rings (SSSR count). The topological polar surface area (TPSA) is 121 Å². The van der Waals surface area contributed by atoms with Gasteiger partial charge in [-0.3, -0.25) is 14.9 Å². The number of likely N-dealkylation sites (tertiary alicyclic amines) is 1. The molecule has 4 amide bonds. The fraction of sp³-hybridized carbons (Fsp3) is 0.250. The van der Waals surface area contributed by atoms with E-state index in [1.807, 2.05) is 0 Å². The summed E-state index contributed by atoms with van der Waals surface area (Å²) in [4.78, 5) is 51.3. The number of carboxylic acids is 1. The first-order chi connectivity index (χ1) is 17.1. The van der Waals surface area contributed by atoms with Crippen molar-refractivity contribution < 1.29 is 28.7 Å². The molecule has 3 aromatic rings. The van der Waals surface area contributed by atoms with Crippen LogP contribution in [0.3, 0.4) is 0 Å². The Hall–Kier alpha value is -3.57. The molecule has 9 nitrogen and oxygen atoms in total. The molecule has 1 aromatic heterocycles. The minimum Gasteiger partial charge on any atom is -0.478 e. The maximum absolute atomic E-state index is 15.3. The number of nitrogens with zero attached hydrogens (tertiary/aromatic N) is 2. The van der Waals surface area contributed by atoms with Crippen LogP contribution in [0.5, 0.6) is 0 Å². The first-order valence-electron chi connectivity index (χ1n) is 11.0. The molecule has 2 fully saturated rings. The number of halogens is 2. The van der Waals surface area contributed by atoms with Gasteiger partial charge in [0.2, 0.25) is 5.91 Å². The van der Waals surface area contributed by atoms with Crippen LogP contribution in [0.1, 0.15) is 22.5 Å². The molecule has 1 atom stereocenters. The molecule has 0 unspecified atom stereocenters. The van der Waals surface area contributed by atoms with Crippen LogP contribution >= 0.6 is 23.4 Å². The van der Waals surface area contributed by atoms with Crippen LogP contribution in [0.2, 0.25) is 5.02 Å². The van der Waals surface area contributed by atoms with Crippen molar-refractivity contribution in [3.63, 3.8) is 0 Å². The van der Waals surface area contributed by atoms with E-state index in [0.29, 0.717) is 20.9 Å². The molecule has 3 N–H and O–H groups in total. The molecule has 0 saturated carbocycles. The molecule has 2 aromatic carbocycles. The fourth-order valence-electron chi connectivity index (χ4n) is 4.68. The van der Waals surface area contributed by atoms with Gasteiger partial charge < -0.3 is 19.9 Å². The number of hydrogen-bond acceptors (Lipinski definition) is 5. The van der Waals surface area contributed by atoms with Crippen molar-refractivity contribution in [2.24, 2.45) is 0 Å². The summed E-state index contributed by atoms with van der Waals surface area (Å²) in [5.74, 6) is -2.54. The van der Waals surface area contributed by atoms with Crippen LogP contribution in [-0.4, -0.2) is 57.0 Å². The third-order valence-electron chi connectivity index (χ3n) is 6.55.